The molecule has 6 nitrogen and oxygen atoms in total. The van der Waals surface area contributed by atoms with Gasteiger partial charge in [0.05, 0.1) is 23.4 Å². The van der Waals surface area contributed by atoms with Crippen molar-refractivity contribution < 1.29 is 13.7 Å². The minimum absolute atomic E-state index is 0.202. The van der Waals surface area contributed by atoms with Crippen molar-refractivity contribution in [1.82, 2.24) is 15.0 Å². The molecule has 4 aromatic rings. The van der Waals surface area contributed by atoms with Crippen molar-refractivity contribution in [2.75, 3.05) is 6.54 Å². The summed E-state index contributed by atoms with van der Waals surface area (Å²) < 4.78 is 10.8. The monoisotopic (exact) mass is 455 g/mol. The van der Waals surface area contributed by atoms with Crippen molar-refractivity contribution in [3.05, 3.63) is 93.7 Å². The van der Waals surface area contributed by atoms with Crippen LogP contribution in [0.25, 0.3) is 11.4 Å². The third-order valence-corrected chi connectivity index (χ3v) is 5.55. The Balaban J connectivity index is 1.51. The summed E-state index contributed by atoms with van der Waals surface area (Å²) in [5.74, 6) is 1.34. The van der Waals surface area contributed by atoms with Gasteiger partial charge in [0.25, 0.3) is 5.91 Å². The maximum atomic E-state index is 13.1. The molecular formula is C23H19Cl2N3O3. The Morgan fingerprint density at radius 3 is 2.65 bits per heavy atom. The van der Waals surface area contributed by atoms with Gasteiger partial charge >= 0.3 is 0 Å². The Morgan fingerprint density at radius 2 is 1.90 bits per heavy atom. The maximum Gasteiger partial charge on any atom is 0.255 e. The molecule has 2 aromatic heterocycles. The molecule has 0 atom stereocenters. The van der Waals surface area contributed by atoms with Gasteiger partial charge in [-0.15, -0.1) is 0 Å². The lowest BCUT2D eigenvalue weighted by Gasteiger charge is -2.21. The van der Waals surface area contributed by atoms with E-state index in [0.717, 1.165) is 11.1 Å². The zero-order chi connectivity index (χ0) is 21.8. The molecule has 0 aliphatic heterocycles. The van der Waals surface area contributed by atoms with Crippen LogP contribution >= 0.6 is 23.2 Å². The van der Waals surface area contributed by atoms with Crippen LogP contribution in [0.4, 0.5) is 0 Å². The van der Waals surface area contributed by atoms with Gasteiger partial charge in [0.15, 0.2) is 0 Å². The van der Waals surface area contributed by atoms with Crippen molar-refractivity contribution in [2.24, 2.45) is 0 Å². The zero-order valence-electron chi connectivity index (χ0n) is 16.7. The molecule has 4 rings (SSSR count). The van der Waals surface area contributed by atoms with E-state index >= 15 is 0 Å². The third-order valence-electron chi connectivity index (χ3n) is 4.81. The average molecular weight is 456 g/mol. The fourth-order valence-electron chi connectivity index (χ4n) is 3.08. The Bertz CT molecular complexity index is 1190. The number of aromatic nitrogens is 2. The van der Waals surface area contributed by atoms with Gasteiger partial charge in [0.2, 0.25) is 11.7 Å². The number of rotatable bonds is 7. The summed E-state index contributed by atoms with van der Waals surface area (Å²) in [7, 11) is 0. The van der Waals surface area contributed by atoms with Crippen LogP contribution in [0.2, 0.25) is 10.0 Å². The fraction of sp³-hybridized carbons (Fsp3) is 0.174. The van der Waals surface area contributed by atoms with E-state index in [1.165, 1.54) is 0 Å². The molecule has 0 radical (unpaired) electrons. The Kier molecular flexibility index (Phi) is 6.39. The summed E-state index contributed by atoms with van der Waals surface area (Å²) in [6.45, 7) is 2.57. The molecule has 2 heterocycles. The molecule has 8 heteroatoms. The fourth-order valence-corrected chi connectivity index (χ4v) is 3.48. The highest BCUT2D eigenvalue weighted by Gasteiger charge is 2.21. The largest absolute Gasteiger partial charge is 0.467 e. The van der Waals surface area contributed by atoms with Crippen molar-refractivity contribution in [1.29, 1.82) is 0 Å². The molecule has 0 unspecified atom stereocenters. The molecule has 0 spiro atoms. The van der Waals surface area contributed by atoms with Crippen LogP contribution in [-0.2, 0) is 13.0 Å². The third kappa shape index (κ3) is 4.98. The average Bonchev–Trinajstić information content (AvgIpc) is 3.45. The predicted octanol–water partition coefficient (Wildman–Crippen LogP) is 5.83. The molecule has 0 aliphatic carbocycles. The minimum Gasteiger partial charge on any atom is -0.467 e. The summed E-state index contributed by atoms with van der Waals surface area (Å²) in [6.07, 6.45) is 1.95. The lowest BCUT2D eigenvalue weighted by molar-refractivity contribution is 0.0730. The quantitative estimate of drug-likeness (QED) is 0.350. The molecule has 31 heavy (non-hydrogen) atoms. The predicted molar refractivity (Wildman–Crippen MR) is 118 cm³/mol. The number of aryl methyl sites for hydroxylation is 1. The molecular weight excluding hydrogens is 437 g/mol. The molecule has 0 bridgehead atoms. The van der Waals surface area contributed by atoms with E-state index in [0.29, 0.717) is 52.6 Å². The molecule has 0 saturated carbocycles. The first kappa shape index (κ1) is 21.2. The highest BCUT2D eigenvalue weighted by molar-refractivity contribution is 6.33. The molecule has 0 N–H and O–H groups in total. The highest BCUT2D eigenvalue weighted by atomic mass is 35.5. The van der Waals surface area contributed by atoms with Gasteiger partial charge in [-0.05, 0) is 42.8 Å². The van der Waals surface area contributed by atoms with Crippen LogP contribution in [0.15, 0.2) is 69.8 Å². The van der Waals surface area contributed by atoms with E-state index in [2.05, 4.69) is 10.1 Å². The van der Waals surface area contributed by atoms with Crippen molar-refractivity contribution in [3.8, 4) is 11.4 Å². The van der Waals surface area contributed by atoms with Gasteiger partial charge in [0, 0.05) is 23.6 Å². The number of benzene rings is 2. The Hall–Kier alpha value is -3.09. The molecule has 0 aliphatic rings. The van der Waals surface area contributed by atoms with Crippen LogP contribution in [0.5, 0.6) is 0 Å². The summed E-state index contributed by atoms with van der Waals surface area (Å²) in [6, 6.07) is 16.1. The van der Waals surface area contributed by atoms with E-state index in [9.17, 15) is 4.79 Å². The topological polar surface area (TPSA) is 72.4 Å². The van der Waals surface area contributed by atoms with Gasteiger partial charge in [0.1, 0.15) is 5.76 Å². The van der Waals surface area contributed by atoms with Crippen molar-refractivity contribution in [2.45, 2.75) is 19.9 Å². The number of halogens is 2. The van der Waals surface area contributed by atoms with Gasteiger partial charge < -0.3 is 13.8 Å². The van der Waals surface area contributed by atoms with Crippen LogP contribution in [0, 0.1) is 6.92 Å². The second-order valence-corrected chi connectivity index (χ2v) is 7.83. The number of carbonyl (C=O) groups excluding carboxylic acids is 1. The lowest BCUT2D eigenvalue weighted by atomic mass is 10.1. The van der Waals surface area contributed by atoms with Gasteiger partial charge in [-0.3, -0.25) is 4.79 Å². The second-order valence-electron chi connectivity index (χ2n) is 7.01. The van der Waals surface area contributed by atoms with Crippen LogP contribution in [-0.4, -0.2) is 27.5 Å². The number of hydrogen-bond acceptors (Lipinski definition) is 5. The summed E-state index contributed by atoms with van der Waals surface area (Å²) in [5.41, 5.74) is 2.17. The molecule has 1 amide bonds. The SMILES string of the molecule is Cc1ccc(-c2noc(CCN(Cc3ccco3)C(=O)c3ccccc3Cl)n2)cc1Cl. The van der Waals surface area contributed by atoms with E-state index in [1.807, 2.05) is 25.1 Å². The zero-order valence-corrected chi connectivity index (χ0v) is 18.2. The first-order valence-electron chi connectivity index (χ1n) is 9.66. The first-order chi connectivity index (χ1) is 15.0. The normalized spacial score (nSPS) is 10.9. The minimum atomic E-state index is -0.202. The molecule has 0 fully saturated rings. The van der Waals surface area contributed by atoms with Gasteiger partial charge in [-0.2, -0.15) is 4.98 Å². The summed E-state index contributed by atoms with van der Waals surface area (Å²) in [4.78, 5) is 19.2. The number of hydrogen-bond donors (Lipinski definition) is 0. The standard InChI is InChI=1S/C23H19Cl2N3O3/c1-15-8-9-16(13-20(15)25)22-26-21(31-27-22)10-11-28(14-17-5-4-12-30-17)23(29)18-6-2-3-7-19(18)24/h2-9,12-13H,10-11,14H2,1H3. The molecule has 0 saturated heterocycles. The van der Waals surface area contributed by atoms with E-state index in [-0.39, 0.29) is 5.91 Å². The lowest BCUT2D eigenvalue weighted by Crippen LogP contribution is -2.32. The van der Waals surface area contributed by atoms with Crippen molar-refractivity contribution >= 4 is 29.1 Å². The van der Waals surface area contributed by atoms with Crippen molar-refractivity contribution in [3.63, 3.8) is 0 Å². The summed E-state index contributed by atoms with van der Waals surface area (Å²) >= 11 is 12.4. The van der Waals surface area contributed by atoms with Crippen LogP contribution < -0.4 is 0 Å². The van der Waals surface area contributed by atoms with E-state index < -0.39 is 0 Å². The second kappa shape index (κ2) is 9.37. The first-order valence-corrected chi connectivity index (χ1v) is 10.4. The smallest absolute Gasteiger partial charge is 0.255 e. The number of furan rings is 1. The number of amides is 1. The van der Waals surface area contributed by atoms with Crippen LogP contribution in [0.3, 0.4) is 0 Å². The van der Waals surface area contributed by atoms with E-state index in [4.69, 9.17) is 32.1 Å². The molecule has 158 valence electrons. The number of nitrogens with zero attached hydrogens (tertiary/aromatic N) is 3. The molecule has 2 aromatic carbocycles. The Labute approximate surface area is 189 Å². The van der Waals surface area contributed by atoms with Gasteiger partial charge in [-0.25, -0.2) is 0 Å². The Morgan fingerprint density at radius 1 is 1.06 bits per heavy atom. The number of carbonyl (C=O) groups is 1. The van der Waals surface area contributed by atoms with Crippen LogP contribution in [0.1, 0.15) is 27.6 Å². The summed E-state index contributed by atoms with van der Waals surface area (Å²) in [5, 5.41) is 5.07. The van der Waals surface area contributed by atoms with E-state index in [1.54, 1.807) is 47.6 Å². The maximum absolute atomic E-state index is 13.1. The highest BCUT2D eigenvalue weighted by Crippen LogP contribution is 2.24. The van der Waals surface area contributed by atoms with Gasteiger partial charge in [-0.1, -0.05) is 52.6 Å².